The molecule has 1 nitrogen and oxygen atoms in total. The Morgan fingerprint density at radius 1 is 1.24 bits per heavy atom. The largest absolute Gasteiger partial charge is 0.390 e. The Kier molecular flexibility index (Phi) is 4.57. The minimum absolute atomic E-state index is 0.522. The Morgan fingerprint density at radius 3 is 2.41 bits per heavy atom. The average molecular weight is 245 g/mol. The molecule has 0 aromatic heterocycles. The van der Waals surface area contributed by atoms with Gasteiger partial charge in [0.25, 0.3) is 0 Å². The molecular weight excluding hydrogens is 227 g/mol. The minimum Gasteiger partial charge on any atom is -0.310 e. The zero-order chi connectivity index (χ0) is 13.1. The standard InChI is InChI=1S/C13H18F3N/c1-4-17-12(8-13(14,15)16)11-7-9(2)5-6-10(11)3/h5-7,12,17H,4,8H2,1-3H3. The normalized spacial score (nSPS) is 13.8. The maximum Gasteiger partial charge on any atom is 0.390 e. The quantitative estimate of drug-likeness (QED) is 0.848. The number of alkyl halides is 3. The highest BCUT2D eigenvalue weighted by Crippen LogP contribution is 2.31. The van der Waals surface area contributed by atoms with Gasteiger partial charge >= 0.3 is 6.18 Å². The Morgan fingerprint density at radius 2 is 1.88 bits per heavy atom. The molecular formula is C13H18F3N. The van der Waals surface area contributed by atoms with E-state index in [-0.39, 0.29) is 0 Å². The molecule has 96 valence electrons. The molecule has 4 heteroatoms. The summed E-state index contributed by atoms with van der Waals surface area (Å²) in [4.78, 5) is 0. The second-order valence-electron chi connectivity index (χ2n) is 4.29. The molecule has 1 aromatic rings. The van der Waals surface area contributed by atoms with Crippen molar-refractivity contribution in [2.45, 2.75) is 39.4 Å². The van der Waals surface area contributed by atoms with Crippen molar-refractivity contribution >= 4 is 0 Å². The van der Waals surface area contributed by atoms with Gasteiger partial charge in [-0.2, -0.15) is 13.2 Å². The van der Waals surface area contributed by atoms with Crippen LogP contribution in [0.2, 0.25) is 0 Å². The van der Waals surface area contributed by atoms with E-state index in [1.54, 1.807) is 0 Å². The van der Waals surface area contributed by atoms with Crippen LogP contribution in [0.1, 0.15) is 36.1 Å². The van der Waals surface area contributed by atoms with Gasteiger partial charge in [0.15, 0.2) is 0 Å². The molecule has 1 N–H and O–H groups in total. The highest BCUT2D eigenvalue weighted by atomic mass is 19.4. The SMILES string of the molecule is CCNC(CC(F)(F)F)c1cc(C)ccc1C. The third-order valence-corrected chi connectivity index (χ3v) is 2.70. The van der Waals surface area contributed by atoms with Crippen LogP contribution in [-0.4, -0.2) is 12.7 Å². The molecule has 0 aliphatic heterocycles. The first-order valence-corrected chi connectivity index (χ1v) is 5.70. The van der Waals surface area contributed by atoms with Crippen LogP contribution in [0.3, 0.4) is 0 Å². The summed E-state index contributed by atoms with van der Waals surface area (Å²) < 4.78 is 37.5. The van der Waals surface area contributed by atoms with Gasteiger partial charge < -0.3 is 5.32 Å². The average Bonchev–Trinajstić information content (AvgIpc) is 2.19. The molecule has 17 heavy (non-hydrogen) atoms. The van der Waals surface area contributed by atoms with Crippen LogP contribution >= 0.6 is 0 Å². The van der Waals surface area contributed by atoms with Gasteiger partial charge in [-0.3, -0.25) is 0 Å². The maximum atomic E-state index is 12.5. The van der Waals surface area contributed by atoms with E-state index in [0.717, 1.165) is 16.7 Å². The van der Waals surface area contributed by atoms with Crippen molar-refractivity contribution in [2.24, 2.45) is 0 Å². The van der Waals surface area contributed by atoms with Crippen molar-refractivity contribution in [3.8, 4) is 0 Å². The summed E-state index contributed by atoms with van der Waals surface area (Å²) in [6.07, 6.45) is -4.98. The fourth-order valence-corrected chi connectivity index (χ4v) is 1.91. The summed E-state index contributed by atoms with van der Waals surface area (Å²) in [5.74, 6) is 0. The molecule has 0 spiro atoms. The Bertz CT molecular complexity index is 371. The first-order chi connectivity index (χ1) is 7.83. The van der Waals surface area contributed by atoms with E-state index < -0.39 is 18.6 Å². The molecule has 0 amide bonds. The molecule has 0 saturated carbocycles. The molecule has 0 radical (unpaired) electrons. The fraction of sp³-hybridized carbons (Fsp3) is 0.538. The van der Waals surface area contributed by atoms with Crippen molar-refractivity contribution in [1.82, 2.24) is 5.32 Å². The molecule has 0 fully saturated rings. The summed E-state index contributed by atoms with van der Waals surface area (Å²) >= 11 is 0. The van der Waals surface area contributed by atoms with Gasteiger partial charge in [0, 0.05) is 6.04 Å². The van der Waals surface area contributed by atoms with Crippen molar-refractivity contribution < 1.29 is 13.2 Å². The van der Waals surface area contributed by atoms with E-state index in [9.17, 15) is 13.2 Å². The predicted molar refractivity (Wildman–Crippen MR) is 63.0 cm³/mol. The van der Waals surface area contributed by atoms with Gasteiger partial charge in [0.1, 0.15) is 0 Å². The van der Waals surface area contributed by atoms with E-state index in [2.05, 4.69) is 5.32 Å². The monoisotopic (exact) mass is 245 g/mol. The first-order valence-electron chi connectivity index (χ1n) is 5.70. The minimum atomic E-state index is -4.15. The van der Waals surface area contributed by atoms with Crippen LogP contribution in [0.25, 0.3) is 0 Å². The Balaban J connectivity index is 3.00. The van der Waals surface area contributed by atoms with E-state index in [0.29, 0.717) is 6.54 Å². The van der Waals surface area contributed by atoms with Crippen LogP contribution < -0.4 is 5.32 Å². The zero-order valence-corrected chi connectivity index (χ0v) is 10.4. The van der Waals surface area contributed by atoms with Gasteiger partial charge in [0.05, 0.1) is 6.42 Å². The third kappa shape index (κ3) is 4.38. The van der Waals surface area contributed by atoms with Gasteiger partial charge in [-0.15, -0.1) is 0 Å². The van der Waals surface area contributed by atoms with Crippen LogP contribution in [0, 0.1) is 13.8 Å². The number of halogens is 3. The van der Waals surface area contributed by atoms with Crippen LogP contribution in [0.15, 0.2) is 18.2 Å². The highest BCUT2D eigenvalue weighted by molar-refractivity contribution is 5.33. The fourth-order valence-electron chi connectivity index (χ4n) is 1.91. The summed E-state index contributed by atoms with van der Waals surface area (Å²) in [6.45, 7) is 6.07. The van der Waals surface area contributed by atoms with Crippen molar-refractivity contribution in [2.75, 3.05) is 6.54 Å². The second-order valence-corrected chi connectivity index (χ2v) is 4.29. The lowest BCUT2D eigenvalue weighted by molar-refractivity contribution is -0.140. The van der Waals surface area contributed by atoms with E-state index in [4.69, 9.17) is 0 Å². The van der Waals surface area contributed by atoms with E-state index >= 15 is 0 Å². The maximum absolute atomic E-state index is 12.5. The van der Waals surface area contributed by atoms with Crippen molar-refractivity contribution in [1.29, 1.82) is 0 Å². The molecule has 0 saturated heterocycles. The van der Waals surface area contributed by atoms with E-state index in [1.807, 2.05) is 39.0 Å². The Hall–Kier alpha value is -1.03. The lowest BCUT2D eigenvalue weighted by atomic mass is 9.96. The van der Waals surface area contributed by atoms with Gasteiger partial charge in [-0.25, -0.2) is 0 Å². The summed E-state index contributed by atoms with van der Waals surface area (Å²) in [5, 5.41) is 2.90. The summed E-state index contributed by atoms with van der Waals surface area (Å²) in [7, 11) is 0. The molecule has 0 heterocycles. The van der Waals surface area contributed by atoms with Crippen LogP contribution in [0.5, 0.6) is 0 Å². The third-order valence-electron chi connectivity index (χ3n) is 2.70. The van der Waals surface area contributed by atoms with Crippen molar-refractivity contribution in [3.05, 3.63) is 34.9 Å². The predicted octanol–water partition coefficient (Wildman–Crippen LogP) is 3.91. The Labute approximate surface area is 100 Å². The smallest absolute Gasteiger partial charge is 0.310 e. The highest BCUT2D eigenvalue weighted by Gasteiger charge is 2.32. The van der Waals surface area contributed by atoms with Crippen molar-refractivity contribution in [3.63, 3.8) is 0 Å². The molecule has 0 aliphatic carbocycles. The lowest BCUT2D eigenvalue weighted by Crippen LogP contribution is -2.27. The lowest BCUT2D eigenvalue weighted by Gasteiger charge is -2.22. The number of aryl methyl sites for hydroxylation is 2. The first kappa shape index (κ1) is 14.0. The topological polar surface area (TPSA) is 12.0 Å². The number of rotatable bonds is 4. The number of hydrogen-bond donors (Lipinski definition) is 1. The second kappa shape index (κ2) is 5.54. The summed E-state index contributed by atoms with van der Waals surface area (Å²) in [6, 6.07) is 4.95. The number of benzene rings is 1. The molecule has 0 aliphatic rings. The molecule has 1 rings (SSSR count). The zero-order valence-electron chi connectivity index (χ0n) is 10.4. The molecule has 1 aromatic carbocycles. The number of nitrogens with one attached hydrogen (secondary N) is 1. The number of hydrogen-bond acceptors (Lipinski definition) is 1. The van der Waals surface area contributed by atoms with Gasteiger partial charge in [-0.05, 0) is 31.5 Å². The van der Waals surface area contributed by atoms with Crippen LogP contribution in [0.4, 0.5) is 13.2 Å². The molecule has 1 atom stereocenters. The van der Waals surface area contributed by atoms with Crippen LogP contribution in [-0.2, 0) is 0 Å². The molecule has 1 unspecified atom stereocenters. The van der Waals surface area contributed by atoms with Gasteiger partial charge in [0.2, 0.25) is 0 Å². The summed E-state index contributed by atoms with van der Waals surface area (Å²) in [5.41, 5.74) is 2.62. The molecule has 0 bridgehead atoms. The van der Waals surface area contributed by atoms with E-state index in [1.165, 1.54) is 0 Å². The van der Waals surface area contributed by atoms with Gasteiger partial charge in [-0.1, -0.05) is 30.7 Å².